The monoisotopic (exact) mass is 321 g/mol. The summed E-state index contributed by atoms with van der Waals surface area (Å²) in [5, 5.41) is 0. The predicted molar refractivity (Wildman–Crippen MR) is 97.7 cm³/mol. The number of pyridine rings is 1. The van der Waals surface area contributed by atoms with Gasteiger partial charge in [0, 0.05) is 50.3 Å². The van der Waals surface area contributed by atoms with Gasteiger partial charge < -0.3 is 9.80 Å². The summed E-state index contributed by atoms with van der Waals surface area (Å²) in [6.45, 7) is 1.61. The molecule has 4 nitrogen and oxygen atoms in total. The number of benzene rings is 1. The molecule has 1 aromatic carbocycles. The van der Waals surface area contributed by atoms with Gasteiger partial charge in [-0.2, -0.15) is 0 Å². The van der Waals surface area contributed by atoms with Gasteiger partial charge in [-0.15, -0.1) is 0 Å². The maximum Gasteiger partial charge on any atom is 0.246 e. The van der Waals surface area contributed by atoms with Crippen LogP contribution in [0, 0.1) is 0 Å². The van der Waals surface area contributed by atoms with Crippen molar-refractivity contribution in [2.75, 3.05) is 25.0 Å². The van der Waals surface area contributed by atoms with Crippen molar-refractivity contribution in [3.05, 3.63) is 66.5 Å². The van der Waals surface area contributed by atoms with Crippen molar-refractivity contribution in [3.63, 3.8) is 0 Å². The Hall–Kier alpha value is -2.62. The highest BCUT2D eigenvalue weighted by molar-refractivity contribution is 5.91. The SMILES string of the molecule is CN(c1ccccc1)C1CCN(C(=O)/C=C/c2cccnc2)CC1. The summed E-state index contributed by atoms with van der Waals surface area (Å²) in [6.07, 6.45) is 8.96. The summed E-state index contributed by atoms with van der Waals surface area (Å²) >= 11 is 0. The molecule has 1 aliphatic rings. The van der Waals surface area contributed by atoms with Gasteiger partial charge in [0.05, 0.1) is 0 Å². The number of piperidine rings is 1. The zero-order valence-electron chi connectivity index (χ0n) is 14.0. The minimum atomic E-state index is 0.0830. The highest BCUT2D eigenvalue weighted by Crippen LogP contribution is 2.22. The van der Waals surface area contributed by atoms with Gasteiger partial charge in [-0.1, -0.05) is 24.3 Å². The van der Waals surface area contributed by atoms with Crippen molar-refractivity contribution in [3.8, 4) is 0 Å². The van der Waals surface area contributed by atoms with Crippen LogP contribution < -0.4 is 4.90 Å². The third kappa shape index (κ3) is 4.02. The van der Waals surface area contributed by atoms with Crippen LogP contribution in [0.15, 0.2) is 60.9 Å². The van der Waals surface area contributed by atoms with E-state index >= 15 is 0 Å². The molecule has 124 valence electrons. The summed E-state index contributed by atoms with van der Waals surface area (Å²) in [6, 6.07) is 14.7. The largest absolute Gasteiger partial charge is 0.371 e. The molecule has 0 spiro atoms. The number of nitrogens with zero attached hydrogens (tertiary/aromatic N) is 3. The lowest BCUT2D eigenvalue weighted by Crippen LogP contribution is -2.45. The third-order valence-corrected chi connectivity index (χ3v) is 4.59. The third-order valence-electron chi connectivity index (χ3n) is 4.59. The van der Waals surface area contributed by atoms with Gasteiger partial charge >= 0.3 is 0 Å². The Labute approximate surface area is 143 Å². The standard InChI is InChI=1S/C20H23N3O/c1-22(18-7-3-2-4-8-18)19-11-14-23(15-12-19)20(24)10-9-17-6-5-13-21-16-17/h2-10,13,16,19H,11-12,14-15H2,1H3/b10-9+. The molecule has 1 aromatic heterocycles. The molecule has 24 heavy (non-hydrogen) atoms. The molecule has 1 amide bonds. The Bertz CT molecular complexity index is 677. The topological polar surface area (TPSA) is 36.4 Å². The number of hydrogen-bond acceptors (Lipinski definition) is 3. The van der Waals surface area contributed by atoms with E-state index in [1.54, 1.807) is 18.5 Å². The number of likely N-dealkylation sites (tertiary alicyclic amines) is 1. The molecular weight excluding hydrogens is 298 g/mol. The molecule has 1 fully saturated rings. The lowest BCUT2D eigenvalue weighted by atomic mass is 10.0. The van der Waals surface area contributed by atoms with Crippen LogP contribution in [0.4, 0.5) is 5.69 Å². The molecule has 4 heteroatoms. The Morgan fingerprint density at radius 2 is 1.92 bits per heavy atom. The summed E-state index contributed by atoms with van der Waals surface area (Å²) < 4.78 is 0. The Kier molecular flexibility index (Phi) is 5.26. The minimum Gasteiger partial charge on any atom is -0.371 e. The quantitative estimate of drug-likeness (QED) is 0.811. The van der Waals surface area contributed by atoms with Crippen LogP contribution in [-0.2, 0) is 4.79 Å². The van der Waals surface area contributed by atoms with Gasteiger partial charge in [0.2, 0.25) is 5.91 Å². The van der Waals surface area contributed by atoms with E-state index < -0.39 is 0 Å². The number of carbonyl (C=O) groups excluding carboxylic acids is 1. The molecule has 0 aliphatic carbocycles. The zero-order chi connectivity index (χ0) is 16.8. The number of hydrogen-bond donors (Lipinski definition) is 0. The predicted octanol–water partition coefficient (Wildman–Crippen LogP) is 3.22. The van der Waals surface area contributed by atoms with Gasteiger partial charge in [-0.25, -0.2) is 0 Å². The number of amides is 1. The van der Waals surface area contributed by atoms with Crippen LogP contribution in [0.5, 0.6) is 0 Å². The number of anilines is 1. The normalized spacial score (nSPS) is 15.6. The maximum absolute atomic E-state index is 12.3. The first-order valence-corrected chi connectivity index (χ1v) is 8.39. The van der Waals surface area contributed by atoms with Crippen molar-refractivity contribution < 1.29 is 4.79 Å². The maximum atomic E-state index is 12.3. The van der Waals surface area contributed by atoms with Gasteiger partial charge in [0.25, 0.3) is 0 Å². The van der Waals surface area contributed by atoms with Crippen LogP contribution >= 0.6 is 0 Å². The second kappa shape index (κ2) is 7.77. The molecule has 0 N–H and O–H groups in total. The van der Waals surface area contributed by atoms with E-state index in [1.165, 1.54) is 5.69 Å². The second-order valence-electron chi connectivity index (χ2n) is 6.12. The summed E-state index contributed by atoms with van der Waals surface area (Å²) in [4.78, 5) is 20.6. The Balaban J connectivity index is 1.53. The fourth-order valence-electron chi connectivity index (χ4n) is 3.09. The van der Waals surface area contributed by atoms with Gasteiger partial charge in [0.1, 0.15) is 0 Å². The number of carbonyl (C=O) groups is 1. The Morgan fingerprint density at radius 1 is 1.17 bits per heavy atom. The summed E-state index contributed by atoms with van der Waals surface area (Å²) in [5.41, 5.74) is 2.18. The van der Waals surface area contributed by atoms with Crippen LogP contribution in [0.3, 0.4) is 0 Å². The van der Waals surface area contributed by atoms with E-state index in [0.717, 1.165) is 31.5 Å². The fraction of sp³-hybridized carbons (Fsp3) is 0.300. The van der Waals surface area contributed by atoms with Gasteiger partial charge in [0.15, 0.2) is 0 Å². The molecular formula is C20H23N3O. The molecule has 1 aliphatic heterocycles. The molecule has 0 atom stereocenters. The van der Waals surface area contributed by atoms with Crippen molar-refractivity contribution in [1.82, 2.24) is 9.88 Å². The fourth-order valence-corrected chi connectivity index (χ4v) is 3.09. The van der Waals surface area contributed by atoms with Crippen molar-refractivity contribution >= 4 is 17.7 Å². The van der Waals surface area contributed by atoms with E-state index in [9.17, 15) is 4.79 Å². The minimum absolute atomic E-state index is 0.0830. The first-order valence-electron chi connectivity index (χ1n) is 8.39. The lowest BCUT2D eigenvalue weighted by Gasteiger charge is -2.37. The van der Waals surface area contributed by atoms with Crippen LogP contribution in [0.25, 0.3) is 6.08 Å². The van der Waals surface area contributed by atoms with Crippen LogP contribution in [0.2, 0.25) is 0 Å². The van der Waals surface area contributed by atoms with Crippen LogP contribution in [-0.4, -0.2) is 42.0 Å². The average Bonchev–Trinajstić information content (AvgIpc) is 2.67. The van der Waals surface area contributed by atoms with E-state index in [4.69, 9.17) is 0 Å². The van der Waals surface area contributed by atoms with Crippen LogP contribution in [0.1, 0.15) is 18.4 Å². The Morgan fingerprint density at radius 3 is 2.58 bits per heavy atom. The smallest absolute Gasteiger partial charge is 0.246 e. The molecule has 0 bridgehead atoms. The van der Waals surface area contributed by atoms with Gasteiger partial charge in [-0.3, -0.25) is 9.78 Å². The van der Waals surface area contributed by atoms with Crippen molar-refractivity contribution in [1.29, 1.82) is 0 Å². The number of rotatable bonds is 4. The van der Waals surface area contributed by atoms with Gasteiger partial charge in [-0.05, 0) is 42.7 Å². The first-order chi connectivity index (χ1) is 11.7. The lowest BCUT2D eigenvalue weighted by molar-refractivity contribution is -0.126. The highest BCUT2D eigenvalue weighted by Gasteiger charge is 2.24. The number of aromatic nitrogens is 1. The zero-order valence-corrected chi connectivity index (χ0v) is 14.0. The molecule has 2 heterocycles. The second-order valence-corrected chi connectivity index (χ2v) is 6.12. The highest BCUT2D eigenvalue weighted by atomic mass is 16.2. The number of para-hydroxylation sites is 1. The van der Waals surface area contributed by atoms with E-state index in [-0.39, 0.29) is 5.91 Å². The average molecular weight is 321 g/mol. The van der Waals surface area contributed by atoms with E-state index in [0.29, 0.717) is 6.04 Å². The molecule has 0 radical (unpaired) electrons. The molecule has 1 saturated heterocycles. The van der Waals surface area contributed by atoms with Crippen molar-refractivity contribution in [2.45, 2.75) is 18.9 Å². The molecule has 0 saturated carbocycles. The molecule has 3 rings (SSSR count). The molecule has 0 unspecified atom stereocenters. The summed E-state index contributed by atoms with van der Waals surface area (Å²) in [5.74, 6) is 0.0830. The molecule has 2 aromatic rings. The summed E-state index contributed by atoms with van der Waals surface area (Å²) in [7, 11) is 2.14. The van der Waals surface area contributed by atoms with E-state index in [1.807, 2.05) is 29.2 Å². The van der Waals surface area contributed by atoms with E-state index in [2.05, 4.69) is 41.2 Å². The first kappa shape index (κ1) is 16.2. The van der Waals surface area contributed by atoms with Crippen molar-refractivity contribution in [2.24, 2.45) is 0 Å².